The first kappa shape index (κ1) is 15.3. The Hall–Kier alpha value is -0.120. The minimum atomic E-state index is 0.227. The van der Waals surface area contributed by atoms with Gasteiger partial charge in [-0.15, -0.1) is 0 Å². The van der Waals surface area contributed by atoms with E-state index in [1.807, 2.05) is 0 Å². The zero-order chi connectivity index (χ0) is 14.0. The van der Waals surface area contributed by atoms with Crippen LogP contribution >= 0.6 is 0 Å². The van der Waals surface area contributed by atoms with Gasteiger partial charge in [0.05, 0.1) is 12.7 Å². The van der Waals surface area contributed by atoms with E-state index in [2.05, 4.69) is 32.6 Å². The van der Waals surface area contributed by atoms with Crippen molar-refractivity contribution in [3.05, 3.63) is 0 Å². The molecule has 1 aliphatic carbocycles. The number of hydrogen-bond acceptors (Lipinski definition) is 3. The molecule has 1 saturated carbocycles. The Balaban J connectivity index is 2.18. The predicted molar refractivity (Wildman–Crippen MR) is 80.2 cm³/mol. The lowest BCUT2D eigenvalue weighted by molar-refractivity contribution is -0.115. The largest absolute Gasteiger partial charge is 0.376 e. The highest BCUT2D eigenvalue weighted by molar-refractivity contribution is 5.01. The van der Waals surface area contributed by atoms with Gasteiger partial charge in [0.1, 0.15) is 0 Å². The van der Waals surface area contributed by atoms with Crippen LogP contribution in [0.3, 0.4) is 0 Å². The number of morpholine rings is 1. The molecule has 2 aliphatic rings. The summed E-state index contributed by atoms with van der Waals surface area (Å²) in [7, 11) is 0. The molecule has 5 unspecified atom stereocenters. The second-order valence-corrected chi connectivity index (χ2v) is 6.98. The molecule has 0 radical (unpaired) electrons. The molecule has 0 aromatic heterocycles. The van der Waals surface area contributed by atoms with Gasteiger partial charge in [-0.25, -0.2) is 0 Å². The first-order chi connectivity index (χ1) is 9.02. The van der Waals surface area contributed by atoms with E-state index in [0.717, 1.165) is 31.5 Å². The van der Waals surface area contributed by atoms with E-state index in [1.54, 1.807) is 0 Å². The molecule has 0 bridgehead atoms. The summed E-state index contributed by atoms with van der Waals surface area (Å²) >= 11 is 0. The molecule has 0 aromatic rings. The normalized spacial score (nSPS) is 45.3. The lowest BCUT2D eigenvalue weighted by Crippen LogP contribution is -2.64. The van der Waals surface area contributed by atoms with E-state index >= 15 is 0 Å². The van der Waals surface area contributed by atoms with Gasteiger partial charge in [-0.05, 0) is 44.4 Å². The van der Waals surface area contributed by atoms with Gasteiger partial charge in [-0.2, -0.15) is 0 Å². The summed E-state index contributed by atoms with van der Waals surface area (Å²) in [5, 5.41) is 0. The van der Waals surface area contributed by atoms with Crippen LogP contribution in [0.5, 0.6) is 0 Å². The van der Waals surface area contributed by atoms with Crippen LogP contribution in [0, 0.1) is 11.8 Å². The molecule has 112 valence electrons. The van der Waals surface area contributed by atoms with Crippen molar-refractivity contribution in [1.82, 2.24) is 4.90 Å². The molecule has 5 atom stereocenters. The van der Waals surface area contributed by atoms with E-state index in [1.165, 1.54) is 25.7 Å². The van der Waals surface area contributed by atoms with Crippen LogP contribution in [0.15, 0.2) is 0 Å². The van der Waals surface area contributed by atoms with Gasteiger partial charge in [0.15, 0.2) is 0 Å². The topological polar surface area (TPSA) is 38.5 Å². The van der Waals surface area contributed by atoms with Crippen LogP contribution in [-0.2, 0) is 4.74 Å². The van der Waals surface area contributed by atoms with Crippen molar-refractivity contribution < 1.29 is 4.74 Å². The predicted octanol–water partition coefficient (Wildman–Crippen LogP) is 2.64. The highest BCUT2D eigenvalue weighted by Crippen LogP contribution is 2.41. The summed E-state index contributed by atoms with van der Waals surface area (Å²) in [6, 6.07) is 0.556. The molecule has 3 nitrogen and oxygen atoms in total. The van der Waals surface area contributed by atoms with Gasteiger partial charge >= 0.3 is 0 Å². The minimum absolute atomic E-state index is 0.227. The molecule has 3 heteroatoms. The van der Waals surface area contributed by atoms with E-state index in [9.17, 15) is 0 Å². The molecule has 1 saturated heterocycles. The Kier molecular flexibility index (Phi) is 4.91. The fourth-order valence-electron chi connectivity index (χ4n) is 4.01. The Morgan fingerprint density at radius 2 is 2.00 bits per heavy atom. The third-order valence-electron chi connectivity index (χ3n) is 5.67. The maximum absolute atomic E-state index is 6.26. The van der Waals surface area contributed by atoms with Crippen molar-refractivity contribution in [3.8, 4) is 0 Å². The van der Waals surface area contributed by atoms with Gasteiger partial charge in [-0.1, -0.05) is 20.8 Å². The summed E-state index contributed by atoms with van der Waals surface area (Å²) < 4.78 is 5.86. The summed E-state index contributed by atoms with van der Waals surface area (Å²) in [5.74, 6) is 1.63. The number of hydrogen-bond donors (Lipinski definition) is 1. The maximum atomic E-state index is 6.26. The fourth-order valence-corrected chi connectivity index (χ4v) is 4.01. The van der Waals surface area contributed by atoms with Gasteiger partial charge < -0.3 is 10.5 Å². The third kappa shape index (κ3) is 2.98. The third-order valence-corrected chi connectivity index (χ3v) is 5.67. The van der Waals surface area contributed by atoms with Gasteiger partial charge in [0.2, 0.25) is 0 Å². The van der Waals surface area contributed by atoms with Crippen molar-refractivity contribution >= 4 is 0 Å². The first-order valence-corrected chi connectivity index (χ1v) is 8.11. The molecule has 2 fully saturated rings. The number of nitrogens with zero attached hydrogens (tertiary/aromatic N) is 1. The first-order valence-electron chi connectivity index (χ1n) is 8.11. The molecule has 2 rings (SSSR count). The zero-order valence-corrected chi connectivity index (χ0v) is 13.2. The van der Waals surface area contributed by atoms with Crippen molar-refractivity contribution in [2.24, 2.45) is 17.6 Å². The highest BCUT2D eigenvalue weighted by atomic mass is 16.5. The van der Waals surface area contributed by atoms with Crippen LogP contribution in [0.1, 0.15) is 53.4 Å². The SMILES string of the molecule is CCC1COC(C)CN1C1(CN)CCC(C)C(C)C1. The molecule has 0 amide bonds. The average Bonchev–Trinajstić information content (AvgIpc) is 2.42. The van der Waals surface area contributed by atoms with Gasteiger partial charge in [0.25, 0.3) is 0 Å². The zero-order valence-electron chi connectivity index (χ0n) is 13.2. The van der Waals surface area contributed by atoms with Crippen molar-refractivity contribution in [2.75, 3.05) is 19.7 Å². The lowest BCUT2D eigenvalue weighted by atomic mass is 9.69. The standard InChI is InChI=1S/C16H32N2O/c1-5-15-10-19-14(4)9-18(15)16(11-17)7-6-12(2)13(3)8-16/h12-15H,5-11,17H2,1-4H3. The number of rotatable bonds is 3. The molecule has 0 spiro atoms. The highest BCUT2D eigenvalue weighted by Gasteiger charge is 2.45. The molecule has 0 aromatic carbocycles. The van der Waals surface area contributed by atoms with Crippen molar-refractivity contribution in [2.45, 2.75) is 71.1 Å². The van der Waals surface area contributed by atoms with Crippen molar-refractivity contribution in [1.29, 1.82) is 0 Å². The molecule has 19 heavy (non-hydrogen) atoms. The van der Waals surface area contributed by atoms with Crippen LogP contribution in [-0.4, -0.2) is 42.3 Å². The van der Waals surface area contributed by atoms with Crippen LogP contribution in [0.4, 0.5) is 0 Å². The van der Waals surface area contributed by atoms with Gasteiger partial charge in [0, 0.05) is 24.7 Å². The smallest absolute Gasteiger partial charge is 0.0675 e. The summed E-state index contributed by atoms with van der Waals surface area (Å²) in [4.78, 5) is 2.71. The van der Waals surface area contributed by atoms with Crippen LogP contribution < -0.4 is 5.73 Å². The summed E-state index contributed by atoms with van der Waals surface area (Å²) in [6.45, 7) is 12.0. The minimum Gasteiger partial charge on any atom is -0.376 e. The van der Waals surface area contributed by atoms with Crippen molar-refractivity contribution in [3.63, 3.8) is 0 Å². The summed E-state index contributed by atoms with van der Waals surface area (Å²) in [5.41, 5.74) is 6.48. The molecule has 1 aliphatic heterocycles. The molecule has 1 heterocycles. The Morgan fingerprint density at radius 1 is 1.26 bits per heavy atom. The monoisotopic (exact) mass is 268 g/mol. The van der Waals surface area contributed by atoms with E-state index in [0.29, 0.717) is 12.1 Å². The molecular formula is C16H32N2O. The fraction of sp³-hybridized carbons (Fsp3) is 1.00. The maximum Gasteiger partial charge on any atom is 0.0675 e. The van der Waals surface area contributed by atoms with E-state index in [-0.39, 0.29) is 5.54 Å². The Morgan fingerprint density at radius 3 is 2.58 bits per heavy atom. The lowest BCUT2D eigenvalue weighted by Gasteiger charge is -2.54. The Bertz CT molecular complexity index is 296. The van der Waals surface area contributed by atoms with Crippen LogP contribution in [0.2, 0.25) is 0 Å². The van der Waals surface area contributed by atoms with E-state index in [4.69, 9.17) is 10.5 Å². The number of ether oxygens (including phenoxy) is 1. The summed E-state index contributed by atoms with van der Waals surface area (Å²) in [6.07, 6.45) is 5.35. The molecular weight excluding hydrogens is 236 g/mol. The Labute approximate surface area is 118 Å². The number of nitrogens with two attached hydrogens (primary N) is 1. The second kappa shape index (κ2) is 6.11. The second-order valence-electron chi connectivity index (χ2n) is 6.98. The van der Waals surface area contributed by atoms with Gasteiger partial charge in [-0.3, -0.25) is 4.90 Å². The average molecular weight is 268 g/mol. The van der Waals surface area contributed by atoms with Crippen LogP contribution in [0.25, 0.3) is 0 Å². The quantitative estimate of drug-likeness (QED) is 0.855. The molecule has 2 N–H and O–H groups in total. The van der Waals surface area contributed by atoms with E-state index < -0.39 is 0 Å².